The Morgan fingerprint density at radius 2 is 1.76 bits per heavy atom. The molecular weight excluding hydrogens is 320 g/mol. The van der Waals surface area contributed by atoms with Gasteiger partial charge in [0.1, 0.15) is 0 Å². The molecule has 5 fully saturated rings. The molecule has 0 aromatic rings. The van der Waals surface area contributed by atoms with Crippen LogP contribution in [0.25, 0.3) is 0 Å². The number of rotatable bonds is 4. The first kappa shape index (κ1) is 16.7. The lowest BCUT2D eigenvalue weighted by atomic mass is 9.53. The van der Waals surface area contributed by atoms with Crippen molar-refractivity contribution in [1.82, 2.24) is 20.9 Å². The highest BCUT2D eigenvalue weighted by Gasteiger charge is 2.51. The summed E-state index contributed by atoms with van der Waals surface area (Å²) in [5.74, 6) is 2.17. The fourth-order valence-electron chi connectivity index (χ4n) is 5.84. The summed E-state index contributed by atoms with van der Waals surface area (Å²) in [6.07, 6.45) is 7.64. The Morgan fingerprint density at radius 1 is 1.12 bits per heavy atom. The highest BCUT2D eigenvalue weighted by Crippen LogP contribution is 2.55. The number of urea groups is 1. The van der Waals surface area contributed by atoms with Gasteiger partial charge < -0.3 is 20.9 Å². The molecule has 4 bridgehead atoms. The van der Waals surface area contributed by atoms with Crippen molar-refractivity contribution in [2.45, 2.75) is 50.5 Å². The predicted molar refractivity (Wildman–Crippen MR) is 91.6 cm³/mol. The van der Waals surface area contributed by atoms with E-state index in [0.717, 1.165) is 37.0 Å². The largest absolute Gasteiger partial charge is 0.353 e. The first-order valence-corrected chi connectivity index (χ1v) is 9.62. The Hall–Kier alpha value is -1.79. The van der Waals surface area contributed by atoms with Crippen LogP contribution < -0.4 is 16.0 Å². The van der Waals surface area contributed by atoms with Crippen LogP contribution >= 0.6 is 0 Å². The first-order chi connectivity index (χ1) is 12.0. The van der Waals surface area contributed by atoms with Crippen molar-refractivity contribution in [2.24, 2.45) is 17.8 Å². The Balaban J connectivity index is 1.22. The standard InChI is InChI=1S/C18H28N4O3/c23-15-11-22(4-3-19-15)16(24)1-2-20-17(25)21-18-8-12-5-13(9-18)7-14(6-12)10-18/h12-14H,1-11H2,(H,19,23)(H2,20,21,25). The SMILES string of the molecule is O=C1CN(C(=O)CCNC(=O)NC23CC4CC(CC(C4)C2)C3)CCN1. The van der Waals surface area contributed by atoms with Crippen LogP contribution in [0, 0.1) is 17.8 Å². The molecule has 1 aliphatic heterocycles. The summed E-state index contributed by atoms with van der Waals surface area (Å²) >= 11 is 0. The van der Waals surface area contributed by atoms with Gasteiger partial charge in [-0.05, 0) is 56.3 Å². The van der Waals surface area contributed by atoms with Gasteiger partial charge in [-0.25, -0.2) is 4.79 Å². The van der Waals surface area contributed by atoms with E-state index in [-0.39, 0.29) is 36.3 Å². The van der Waals surface area contributed by atoms with Crippen LogP contribution in [-0.4, -0.2) is 54.5 Å². The molecule has 0 aromatic heterocycles. The van der Waals surface area contributed by atoms with Gasteiger partial charge in [0.25, 0.3) is 0 Å². The zero-order chi connectivity index (χ0) is 17.4. The minimum absolute atomic E-state index is 0.00615. The lowest BCUT2D eigenvalue weighted by molar-refractivity contribution is -0.138. The second-order valence-corrected chi connectivity index (χ2v) is 8.49. The third-order valence-corrected chi connectivity index (χ3v) is 6.43. The summed E-state index contributed by atoms with van der Waals surface area (Å²) < 4.78 is 0. The van der Waals surface area contributed by atoms with Crippen LogP contribution in [0.1, 0.15) is 44.9 Å². The molecule has 7 heteroatoms. The molecule has 5 rings (SSSR count). The van der Waals surface area contributed by atoms with Crippen LogP contribution in [0.5, 0.6) is 0 Å². The molecule has 0 unspecified atom stereocenters. The minimum Gasteiger partial charge on any atom is -0.353 e. The zero-order valence-corrected chi connectivity index (χ0v) is 14.7. The maximum Gasteiger partial charge on any atom is 0.315 e. The molecule has 0 radical (unpaired) electrons. The summed E-state index contributed by atoms with van der Waals surface area (Å²) in [7, 11) is 0. The highest BCUT2D eigenvalue weighted by atomic mass is 16.2. The third-order valence-electron chi connectivity index (χ3n) is 6.43. The number of carbonyl (C=O) groups is 3. The molecule has 25 heavy (non-hydrogen) atoms. The normalized spacial score (nSPS) is 36.1. The van der Waals surface area contributed by atoms with Gasteiger partial charge in [0.2, 0.25) is 11.8 Å². The van der Waals surface area contributed by atoms with E-state index in [2.05, 4.69) is 16.0 Å². The van der Waals surface area contributed by atoms with E-state index in [0.29, 0.717) is 19.6 Å². The van der Waals surface area contributed by atoms with E-state index in [1.165, 1.54) is 19.3 Å². The van der Waals surface area contributed by atoms with Gasteiger partial charge in [-0.1, -0.05) is 0 Å². The van der Waals surface area contributed by atoms with Gasteiger partial charge >= 0.3 is 6.03 Å². The topological polar surface area (TPSA) is 90.5 Å². The molecular formula is C18H28N4O3. The summed E-state index contributed by atoms with van der Waals surface area (Å²) in [4.78, 5) is 37.3. The van der Waals surface area contributed by atoms with Crippen molar-refractivity contribution in [3.8, 4) is 0 Å². The first-order valence-electron chi connectivity index (χ1n) is 9.62. The van der Waals surface area contributed by atoms with Crippen molar-refractivity contribution >= 4 is 17.8 Å². The minimum atomic E-state index is -0.147. The number of amides is 4. The molecule has 4 amide bonds. The molecule has 138 valence electrons. The van der Waals surface area contributed by atoms with E-state index in [1.807, 2.05) is 0 Å². The van der Waals surface area contributed by atoms with Gasteiger partial charge in [-0.3, -0.25) is 9.59 Å². The van der Waals surface area contributed by atoms with Crippen molar-refractivity contribution in [3.63, 3.8) is 0 Å². The molecule has 0 aromatic carbocycles. The van der Waals surface area contributed by atoms with Crippen LogP contribution in [0.15, 0.2) is 0 Å². The number of nitrogens with zero attached hydrogens (tertiary/aromatic N) is 1. The second-order valence-electron chi connectivity index (χ2n) is 8.49. The van der Waals surface area contributed by atoms with Crippen molar-refractivity contribution in [1.29, 1.82) is 0 Å². The van der Waals surface area contributed by atoms with E-state index in [1.54, 1.807) is 4.90 Å². The van der Waals surface area contributed by atoms with Crippen LogP contribution in [0.4, 0.5) is 4.79 Å². The predicted octanol–water partition coefficient (Wildman–Crippen LogP) is 0.603. The van der Waals surface area contributed by atoms with E-state index in [4.69, 9.17) is 0 Å². The van der Waals surface area contributed by atoms with E-state index < -0.39 is 0 Å². The van der Waals surface area contributed by atoms with Crippen LogP contribution in [0.3, 0.4) is 0 Å². The fraction of sp³-hybridized carbons (Fsp3) is 0.833. The highest BCUT2D eigenvalue weighted by molar-refractivity contribution is 5.86. The maximum absolute atomic E-state index is 12.3. The van der Waals surface area contributed by atoms with Crippen molar-refractivity contribution in [2.75, 3.05) is 26.2 Å². The van der Waals surface area contributed by atoms with Gasteiger partial charge in [0.15, 0.2) is 0 Å². The van der Waals surface area contributed by atoms with E-state index in [9.17, 15) is 14.4 Å². The smallest absolute Gasteiger partial charge is 0.315 e. The van der Waals surface area contributed by atoms with Crippen molar-refractivity contribution < 1.29 is 14.4 Å². The Labute approximate surface area is 148 Å². The monoisotopic (exact) mass is 348 g/mol. The Kier molecular flexibility index (Phi) is 4.33. The molecule has 0 atom stereocenters. The molecule has 4 saturated carbocycles. The number of nitrogens with one attached hydrogen (secondary N) is 3. The second kappa shape index (κ2) is 6.50. The van der Waals surface area contributed by atoms with Gasteiger partial charge in [0, 0.05) is 31.6 Å². The van der Waals surface area contributed by atoms with Crippen LogP contribution in [-0.2, 0) is 9.59 Å². The maximum atomic E-state index is 12.3. The molecule has 1 heterocycles. The number of piperazine rings is 1. The Morgan fingerprint density at radius 3 is 2.36 bits per heavy atom. The van der Waals surface area contributed by atoms with Gasteiger partial charge in [0.05, 0.1) is 6.54 Å². The Bertz CT molecular complexity index is 541. The number of carbonyl (C=O) groups excluding carboxylic acids is 3. The van der Waals surface area contributed by atoms with Crippen LogP contribution in [0.2, 0.25) is 0 Å². The summed E-state index contributed by atoms with van der Waals surface area (Å²) in [6.45, 7) is 1.49. The average Bonchev–Trinajstić information content (AvgIpc) is 2.52. The molecule has 4 aliphatic carbocycles. The lowest BCUT2D eigenvalue weighted by Crippen LogP contribution is -2.61. The third kappa shape index (κ3) is 3.60. The van der Waals surface area contributed by atoms with E-state index >= 15 is 0 Å². The fourth-order valence-corrected chi connectivity index (χ4v) is 5.84. The quantitative estimate of drug-likeness (QED) is 0.695. The molecule has 0 spiro atoms. The molecule has 7 nitrogen and oxygen atoms in total. The van der Waals surface area contributed by atoms with Gasteiger partial charge in [-0.2, -0.15) is 0 Å². The molecule has 5 aliphatic rings. The zero-order valence-electron chi connectivity index (χ0n) is 14.7. The van der Waals surface area contributed by atoms with Gasteiger partial charge in [-0.15, -0.1) is 0 Å². The average molecular weight is 348 g/mol. The van der Waals surface area contributed by atoms with Crippen molar-refractivity contribution in [3.05, 3.63) is 0 Å². The summed E-state index contributed by atoms with van der Waals surface area (Å²) in [5, 5.41) is 8.79. The molecule has 3 N–H and O–H groups in total. The summed E-state index contributed by atoms with van der Waals surface area (Å²) in [6, 6.07) is -0.147. The number of hydrogen-bond acceptors (Lipinski definition) is 3. The lowest BCUT2D eigenvalue weighted by Gasteiger charge is -2.56. The number of hydrogen-bond donors (Lipinski definition) is 3. The summed E-state index contributed by atoms with van der Waals surface area (Å²) in [5.41, 5.74) is -0.00615. The molecule has 1 saturated heterocycles.